The van der Waals surface area contributed by atoms with E-state index in [0.717, 1.165) is 5.92 Å². The molecule has 3 atom stereocenters. The van der Waals surface area contributed by atoms with Crippen molar-refractivity contribution < 1.29 is 4.79 Å². The van der Waals surface area contributed by atoms with Crippen LogP contribution in [0.2, 0.25) is 0 Å². The van der Waals surface area contributed by atoms with Gasteiger partial charge in [0, 0.05) is 12.6 Å². The van der Waals surface area contributed by atoms with Crippen molar-refractivity contribution in [2.24, 2.45) is 5.92 Å². The molecule has 1 rings (SSSR count). The SMILES string of the molecule is CCNC(=O)C(C)NC1CCCC1CC. The van der Waals surface area contributed by atoms with E-state index in [1.807, 2.05) is 13.8 Å². The molecule has 15 heavy (non-hydrogen) atoms. The smallest absolute Gasteiger partial charge is 0.236 e. The van der Waals surface area contributed by atoms with E-state index in [1.165, 1.54) is 25.7 Å². The second-order valence-corrected chi connectivity index (χ2v) is 4.49. The number of carbonyl (C=O) groups is 1. The van der Waals surface area contributed by atoms with Crippen molar-refractivity contribution in [3.05, 3.63) is 0 Å². The van der Waals surface area contributed by atoms with Gasteiger partial charge in [-0.15, -0.1) is 0 Å². The predicted molar refractivity (Wildman–Crippen MR) is 62.7 cm³/mol. The zero-order valence-corrected chi connectivity index (χ0v) is 10.2. The fourth-order valence-corrected chi connectivity index (χ4v) is 2.47. The number of amides is 1. The van der Waals surface area contributed by atoms with Gasteiger partial charge >= 0.3 is 0 Å². The first-order chi connectivity index (χ1) is 7.19. The van der Waals surface area contributed by atoms with E-state index in [9.17, 15) is 4.79 Å². The molecular formula is C12H24N2O. The minimum atomic E-state index is -0.0536. The summed E-state index contributed by atoms with van der Waals surface area (Å²) >= 11 is 0. The summed E-state index contributed by atoms with van der Waals surface area (Å²) in [6.45, 7) is 6.86. The van der Waals surface area contributed by atoms with Gasteiger partial charge in [-0.3, -0.25) is 4.79 Å². The molecule has 88 valence electrons. The van der Waals surface area contributed by atoms with Gasteiger partial charge in [-0.05, 0) is 32.6 Å². The van der Waals surface area contributed by atoms with Gasteiger partial charge in [0.05, 0.1) is 6.04 Å². The van der Waals surface area contributed by atoms with Gasteiger partial charge in [0.1, 0.15) is 0 Å². The van der Waals surface area contributed by atoms with Crippen molar-refractivity contribution >= 4 is 5.91 Å². The molecule has 0 saturated heterocycles. The van der Waals surface area contributed by atoms with Crippen molar-refractivity contribution in [3.8, 4) is 0 Å². The van der Waals surface area contributed by atoms with E-state index in [2.05, 4.69) is 17.6 Å². The zero-order valence-electron chi connectivity index (χ0n) is 10.2. The van der Waals surface area contributed by atoms with Crippen LogP contribution in [0.5, 0.6) is 0 Å². The van der Waals surface area contributed by atoms with E-state index < -0.39 is 0 Å². The monoisotopic (exact) mass is 212 g/mol. The average Bonchev–Trinajstić information content (AvgIpc) is 2.65. The van der Waals surface area contributed by atoms with Gasteiger partial charge in [0.25, 0.3) is 0 Å². The first-order valence-corrected chi connectivity index (χ1v) is 6.22. The summed E-state index contributed by atoms with van der Waals surface area (Å²) in [5.41, 5.74) is 0. The van der Waals surface area contributed by atoms with Gasteiger partial charge in [-0.2, -0.15) is 0 Å². The van der Waals surface area contributed by atoms with E-state index >= 15 is 0 Å². The molecule has 1 aliphatic rings. The standard InChI is InChI=1S/C12H24N2O/c1-4-10-7-6-8-11(10)14-9(3)12(15)13-5-2/h9-11,14H,4-8H2,1-3H3,(H,13,15). The summed E-state index contributed by atoms with van der Waals surface area (Å²) in [4.78, 5) is 11.6. The van der Waals surface area contributed by atoms with Crippen molar-refractivity contribution in [1.29, 1.82) is 0 Å². The van der Waals surface area contributed by atoms with Crippen molar-refractivity contribution in [2.75, 3.05) is 6.54 Å². The topological polar surface area (TPSA) is 41.1 Å². The summed E-state index contributed by atoms with van der Waals surface area (Å²) in [7, 11) is 0. The Kier molecular flexibility index (Phi) is 5.09. The third kappa shape index (κ3) is 3.49. The van der Waals surface area contributed by atoms with Crippen LogP contribution in [0, 0.1) is 5.92 Å². The molecule has 0 aromatic heterocycles. The summed E-state index contributed by atoms with van der Waals surface area (Å²) in [6, 6.07) is 0.495. The molecule has 3 unspecified atom stereocenters. The molecule has 0 bridgehead atoms. The quantitative estimate of drug-likeness (QED) is 0.728. The van der Waals surface area contributed by atoms with Gasteiger partial charge in [0.2, 0.25) is 5.91 Å². The van der Waals surface area contributed by atoms with Crippen LogP contribution >= 0.6 is 0 Å². The normalized spacial score (nSPS) is 27.7. The molecule has 1 fully saturated rings. The lowest BCUT2D eigenvalue weighted by molar-refractivity contribution is -0.122. The molecule has 3 nitrogen and oxygen atoms in total. The van der Waals surface area contributed by atoms with Crippen molar-refractivity contribution in [3.63, 3.8) is 0 Å². The summed E-state index contributed by atoms with van der Waals surface area (Å²) < 4.78 is 0. The van der Waals surface area contributed by atoms with Crippen LogP contribution in [0.25, 0.3) is 0 Å². The van der Waals surface area contributed by atoms with Crippen LogP contribution in [0.1, 0.15) is 46.5 Å². The Hall–Kier alpha value is -0.570. The lowest BCUT2D eigenvalue weighted by atomic mass is 10.00. The van der Waals surface area contributed by atoms with Crippen LogP contribution in [0.3, 0.4) is 0 Å². The number of hydrogen-bond acceptors (Lipinski definition) is 2. The number of nitrogens with one attached hydrogen (secondary N) is 2. The second-order valence-electron chi connectivity index (χ2n) is 4.49. The van der Waals surface area contributed by atoms with E-state index in [4.69, 9.17) is 0 Å². The molecule has 0 spiro atoms. The molecular weight excluding hydrogens is 188 g/mol. The molecule has 1 amide bonds. The van der Waals surface area contributed by atoms with E-state index in [0.29, 0.717) is 12.6 Å². The summed E-state index contributed by atoms with van der Waals surface area (Å²) in [5.74, 6) is 0.890. The largest absolute Gasteiger partial charge is 0.355 e. The highest BCUT2D eigenvalue weighted by molar-refractivity contribution is 5.81. The first kappa shape index (κ1) is 12.5. The third-order valence-corrected chi connectivity index (χ3v) is 3.39. The molecule has 0 heterocycles. The Morgan fingerprint density at radius 2 is 2.13 bits per heavy atom. The van der Waals surface area contributed by atoms with Crippen LogP contribution in [-0.4, -0.2) is 24.5 Å². The molecule has 0 aromatic rings. The molecule has 0 radical (unpaired) electrons. The molecule has 0 aromatic carbocycles. The number of carbonyl (C=O) groups excluding carboxylic acids is 1. The Balaban J connectivity index is 2.36. The van der Waals surface area contributed by atoms with Gasteiger partial charge in [0.15, 0.2) is 0 Å². The highest BCUT2D eigenvalue weighted by atomic mass is 16.2. The molecule has 2 N–H and O–H groups in total. The number of rotatable bonds is 5. The average molecular weight is 212 g/mol. The highest BCUT2D eigenvalue weighted by Crippen LogP contribution is 2.28. The Morgan fingerprint density at radius 3 is 2.73 bits per heavy atom. The molecule has 1 aliphatic carbocycles. The summed E-state index contributed by atoms with van der Waals surface area (Å²) in [6.07, 6.45) is 5.07. The van der Waals surface area contributed by atoms with Crippen molar-refractivity contribution in [2.45, 2.75) is 58.5 Å². The Morgan fingerprint density at radius 1 is 1.40 bits per heavy atom. The Labute approximate surface area is 93.0 Å². The van der Waals surface area contributed by atoms with Crippen LogP contribution in [-0.2, 0) is 4.79 Å². The first-order valence-electron chi connectivity index (χ1n) is 6.22. The fourth-order valence-electron chi connectivity index (χ4n) is 2.47. The van der Waals surface area contributed by atoms with Gasteiger partial charge < -0.3 is 10.6 Å². The van der Waals surface area contributed by atoms with Gasteiger partial charge in [-0.25, -0.2) is 0 Å². The maximum Gasteiger partial charge on any atom is 0.236 e. The second kappa shape index (κ2) is 6.11. The minimum Gasteiger partial charge on any atom is -0.355 e. The lowest BCUT2D eigenvalue weighted by Gasteiger charge is -2.23. The Bertz CT molecular complexity index is 206. The van der Waals surface area contributed by atoms with Crippen LogP contribution in [0.15, 0.2) is 0 Å². The third-order valence-electron chi connectivity index (χ3n) is 3.39. The lowest BCUT2D eigenvalue weighted by Crippen LogP contribution is -2.47. The van der Waals surface area contributed by atoms with E-state index in [-0.39, 0.29) is 11.9 Å². The maximum absolute atomic E-state index is 11.6. The summed E-state index contributed by atoms with van der Waals surface area (Å²) in [5, 5.41) is 6.30. The zero-order chi connectivity index (χ0) is 11.3. The van der Waals surface area contributed by atoms with Crippen LogP contribution < -0.4 is 10.6 Å². The minimum absolute atomic E-state index is 0.0536. The maximum atomic E-state index is 11.6. The predicted octanol–water partition coefficient (Wildman–Crippen LogP) is 1.68. The molecule has 0 aliphatic heterocycles. The van der Waals surface area contributed by atoms with Gasteiger partial charge in [-0.1, -0.05) is 19.8 Å². The van der Waals surface area contributed by atoms with Crippen LogP contribution in [0.4, 0.5) is 0 Å². The number of likely N-dealkylation sites (N-methyl/N-ethyl adjacent to an activating group) is 1. The number of hydrogen-bond donors (Lipinski definition) is 2. The molecule has 1 saturated carbocycles. The molecule has 3 heteroatoms. The highest BCUT2D eigenvalue weighted by Gasteiger charge is 2.27. The fraction of sp³-hybridized carbons (Fsp3) is 0.917. The van der Waals surface area contributed by atoms with E-state index in [1.54, 1.807) is 0 Å². The van der Waals surface area contributed by atoms with Crippen molar-refractivity contribution in [1.82, 2.24) is 10.6 Å².